The number of nitrogens with one attached hydrogen (secondary N) is 2. The number of sulfone groups is 1. The Kier molecular flexibility index (Phi) is 6.71. The second-order valence-electron chi connectivity index (χ2n) is 5.56. The van der Waals surface area contributed by atoms with Crippen LogP contribution >= 0.6 is 0 Å². The number of carboxylic acid groups (broad SMARTS) is 2. The highest BCUT2D eigenvalue weighted by Crippen LogP contribution is 2.24. The lowest BCUT2D eigenvalue weighted by atomic mass is 10.2. The molecule has 0 saturated carbocycles. The molecule has 1 atom stereocenters. The van der Waals surface area contributed by atoms with Gasteiger partial charge in [0.05, 0.1) is 17.7 Å². The van der Waals surface area contributed by atoms with Crippen molar-refractivity contribution in [3.63, 3.8) is 0 Å². The molecule has 0 aliphatic rings. The normalized spacial score (nSPS) is 12.1. The van der Waals surface area contributed by atoms with E-state index in [0.29, 0.717) is 0 Å². The minimum atomic E-state index is -4.29. The van der Waals surface area contributed by atoms with Gasteiger partial charge in [-0.2, -0.15) is 0 Å². The highest BCUT2D eigenvalue weighted by molar-refractivity contribution is 7.91. The van der Waals surface area contributed by atoms with Gasteiger partial charge in [0.15, 0.2) is 0 Å². The van der Waals surface area contributed by atoms with Crippen LogP contribution in [0.25, 0.3) is 0 Å². The molecule has 0 spiro atoms. The van der Waals surface area contributed by atoms with Crippen LogP contribution in [0.15, 0.2) is 44.9 Å². The van der Waals surface area contributed by atoms with Gasteiger partial charge in [0.2, 0.25) is 10.5 Å². The van der Waals surface area contributed by atoms with Crippen molar-refractivity contribution >= 4 is 27.7 Å². The Labute approximate surface area is 162 Å². The quantitative estimate of drug-likeness (QED) is 0.369. The average Bonchev–Trinajstić information content (AvgIpc) is 3.02. The number of benzene rings is 1. The highest BCUT2D eigenvalue weighted by atomic mass is 32.2. The molecule has 2 rings (SSSR count). The molecule has 2 aromatic rings. The van der Waals surface area contributed by atoms with Crippen LogP contribution in [0.5, 0.6) is 5.88 Å². The van der Waals surface area contributed by atoms with Crippen molar-refractivity contribution in [2.75, 3.05) is 6.61 Å². The molecule has 0 unspecified atom stereocenters. The lowest BCUT2D eigenvalue weighted by Crippen LogP contribution is -2.42. The molecule has 0 fully saturated rings. The number of carboxylic acids is 2. The van der Waals surface area contributed by atoms with Gasteiger partial charge in [0.25, 0.3) is 9.84 Å². The van der Waals surface area contributed by atoms with Crippen LogP contribution in [-0.4, -0.2) is 54.3 Å². The maximum absolute atomic E-state index is 12.6. The topological polar surface area (TPSA) is 199 Å². The first kappa shape index (κ1) is 21.6. The third-order valence-electron chi connectivity index (χ3n) is 3.48. The standard InChI is InChI=1S/C15H15N3O10S/c19-11(16-10(15(22)23)8-12(20)21)6-7-27-13-14(18(24)28-17-13)29(25,26)9-4-2-1-3-5-9/h1-5,10H,6-8H2,(H3-,16,17,19,20,21,22,23,24)/p+1/t10-/m0/s1. The zero-order valence-corrected chi connectivity index (χ0v) is 15.4. The van der Waals surface area contributed by atoms with Crippen LogP contribution in [0.4, 0.5) is 0 Å². The Balaban J connectivity index is 2.06. The largest absolute Gasteiger partial charge is 0.481 e. The van der Waals surface area contributed by atoms with Crippen molar-refractivity contribution in [1.82, 2.24) is 10.5 Å². The second kappa shape index (κ2) is 9.01. The third kappa shape index (κ3) is 5.41. The number of rotatable bonds is 10. The van der Waals surface area contributed by atoms with E-state index >= 15 is 0 Å². The number of aromatic amines is 1. The number of H-pyrrole nitrogens is 1. The van der Waals surface area contributed by atoms with Crippen molar-refractivity contribution in [1.29, 1.82) is 0 Å². The number of nitrogens with zero attached hydrogens (tertiary/aromatic N) is 1. The van der Waals surface area contributed by atoms with Crippen LogP contribution in [0.2, 0.25) is 0 Å². The summed E-state index contributed by atoms with van der Waals surface area (Å²) >= 11 is 0. The van der Waals surface area contributed by atoms with Crippen molar-refractivity contribution < 1.29 is 47.0 Å². The predicted molar refractivity (Wildman–Crippen MR) is 90.3 cm³/mol. The van der Waals surface area contributed by atoms with Gasteiger partial charge in [0, 0.05) is 0 Å². The minimum Gasteiger partial charge on any atom is -0.481 e. The molecule has 156 valence electrons. The van der Waals surface area contributed by atoms with E-state index in [0.717, 1.165) is 0 Å². The van der Waals surface area contributed by atoms with Crippen molar-refractivity contribution in [2.45, 2.75) is 28.8 Å². The monoisotopic (exact) mass is 430 g/mol. The fraction of sp³-hybridized carbons (Fsp3) is 0.267. The van der Waals surface area contributed by atoms with Gasteiger partial charge in [-0.3, -0.25) is 9.59 Å². The number of hydrogen-bond donors (Lipinski definition) is 4. The van der Waals surface area contributed by atoms with Gasteiger partial charge in [0.1, 0.15) is 12.6 Å². The summed E-state index contributed by atoms with van der Waals surface area (Å²) < 4.78 is 34.3. The van der Waals surface area contributed by atoms with E-state index in [9.17, 15) is 27.7 Å². The van der Waals surface area contributed by atoms with Gasteiger partial charge in [-0.05, 0) is 22.2 Å². The first-order valence-electron chi connectivity index (χ1n) is 7.94. The van der Waals surface area contributed by atoms with Crippen molar-refractivity contribution in [2.24, 2.45) is 0 Å². The molecule has 4 N–H and O–H groups in total. The van der Waals surface area contributed by atoms with E-state index in [-0.39, 0.29) is 9.50 Å². The van der Waals surface area contributed by atoms with Crippen LogP contribution in [0, 0.1) is 4.91 Å². The van der Waals surface area contributed by atoms with Crippen LogP contribution in [0.3, 0.4) is 0 Å². The molecule has 1 aromatic carbocycles. The molecule has 13 nitrogen and oxygen atoms in total. The summed E-state index contributed by atoms with van der Waals surface area (Å²) in [5.74, 6) is -4.37. The molecule has 1 amide bonds. The first-order chi connectivity index (χ1) is 13.6. The minimum absolute atomic E-state index is 0.194. The molecule has 0 radical (unpaired) electrons. The summed E-state index contributed by atoms with van der Waals surface area (Å²) in [6.45, 7) is -0.460. The Hall–Kier alpha value is -3.68. The number of carbonyl (C=O) groups is 3. The van der Waals surface area contributed by atoms with E-state index in [4.69, 9.17) is 14.9 Å². The average molecular weight is 430 g/mol. The van der Waals surface area contributed by atoms with Crippen molar-refractivity contribution in [3.05, 3.63) is 35.2 Å². The summed E-state index contributed by atoms with van der Waals surface area (Å²) in [5, 5.41) is 20.6. The third-order valence-corrected chi connectivity index (χ3v) is 5.21. The number of amides is 1. The van der Waals surface area contributed by atoms with Gasteiger partial charge >= 0.3 is 22.8 Å². The summed E-state index contributed by atoms with van der Waals surface area (Å²) in [7, 11) is -4.29. The number of carbonyl (C=O) groups excluding carboxylic acids is 1. The highest BCUT2D eigenvalue weighted by Gasteiger charge is 2.37. The Morgan fingerprint density at radius 3 is 2.45 bits per heavy atom. The fourth-order valence-corrected chi connectivity index (χ4v) is 3.48. The maximum atomic E-state index is 12.6. The van der Waals surface area contributed by atoms with E-state index in [1.165, 1.54) is 24.3 Å². The van der Waals surface area contributed by atoms with Crippen molar-refractivity contribution in [3.8, 4) is 5.88 Å². The van der Waals surface area contributed by atoms with Gasteiger partial charge < -0.3 is 20.3 Å². The molecule has 29 heavy (non-hydrogen) atoms. The maximum Gasteiger partial charge on any atom is 0.404 e. The number of aliphatic carboxylic acids is 2. The molecule has 1 aromatic heterocycles. The SMILES string of the molecule is O=C(O)C[C@H](NC(=O)CCOc1[nH]o[n+](=O)c1S(=O)(=O)c1ccccc1)C(=O)O. The molecule has 1 heterocycles. The Bertz CT molecular complexity index is 1060. The Morgan fingerprint density at radius 2 is 1.86 bits per heavy atom. The van der Waals surface area contributed by atoms with E-state index in [1.807, 2.05) is 10.5 Å². The molecule has 0 aliphatic heterocycles. The van der Waals surface area contributed by atoms with Gasteiger partial charge in [-0.1, -0.05) is 22.8 Å². The second-order valence-corrected chi connectivity index (χ2v) is 7.42. The van der Waals surface area contributed by atoms with Gasteiger partial charge in [-0.15, -0.1) is 0 Å². The molecular formula is C15H16N3O10S+. The molecule has 14 heteroatoms. The smallest absolute Gasteiger partial charge is 0.404 e. The number of aromatic nitrogens is 2. The summed E-state index contributed by atoms with van der Waals surface area (Å²) in [6, 6.07) is 5.36. The lowest BCUT2D eigenvalue weighted by molar-refractivity contribution is -0.744. The fourth-order valence-electron chi connectivity index (χ4n) is 2.16. The molecule has 0 bridgehead atoms. The van der Waals surface area contributed by atoms with E-state index in [2.05, 4.69) is 4.63 Å². The van der Waals surface area contributed by atoms with Crippen LogP contribution < -0.4 is 14.7 Å². The van der Waals surface area contributed by atoms with Gasteiger partial charge in [-0.25, -0.2) is 13.2 Å². The Morgan fingerprint density at radius 1 is 1.21 bits per heavy atom. The number of ether oxygens (including phenoxy) is 1. The summed E-state index contributed by atoms with van der Waals surface area (Å²) in [5.41, 5.74) is 0. The molecule has 0 aliphatic carbocycles. The first-order valence-corrected chi connectivity index (χ1v) is 9.42. The zero-order valence-electron chi connectivity index (χ0n) is 14.6. The lowest BCUT2D eigenvalue weighted by Gasteiger charge is -2.12. The van der Waals surface area contributed by atoms with Crippen LogP contribution in [0.1, 0.15) is 12.8 Å². The van der Waals surface area contributed by atoms with Crippen LogP contribution in [-0.2, 0) is 24.2 Å². The molecule has 0 saturated heterocycles. The summed E-state index contributed by atoms with van der Waals surface area (Å²) in [4.78, 5) is 44.8. The van der Waals surface area contributed by atoms with E-state index < -0.39 is 64.1 Å². The predicted octanol–water partition coefficient (Wildman–Crippen LogP) is -0.832. The molecular weight excluding hydrogens is 414 g/mol. The summed E-state index contributed by atoms with van der Waals surface area (Å²) in [6.07, 6.45) is -1.28. The van der Waals surface area contributed by atoms with E-state index in [1.54, 1.807) is 6.07 Å². The number of hydrogen-bond acceptors (Lipinski definition) is 8. The zero-order chi connectivity index (χ0) is 21.6.